The third-order valence-electron chi connectivity index (χ3n) is 5.53. The SMILES string of the molecule is C[C@@H](Nc1cncc(-c2cnc3ccccn23)c1)c1ccc(N2CCCC2)nc1. The quantitative estimate of drug-likeness (QED) is 0.546. The molecule has 1 aliphatic heterocycles. The van der Waals surface area contributed by atoms with Gasteiger partial charge in [-0.1, -0.05) is 12.1 Å². The predicted molar refractivity (Wildman–Crippen MR) is 116 cm³/mol. The van der Waals surface area contributed by atoms with Gasteiger partial charge in [-0.2, -0.15) is 0 Å². The molecule has 0 spiro atoms. The number of anilines is 2. The van der Waals surface area contributed by atoms with Crippen molar-refractivity contribution in [1.82, 2.24) is 19.4 Å². The van der Waals surface area contributed by atoms with Crippen molar-refractivity contribution in [3.8, 4) is 11.3 Å². The predicted octanol–water partition coefficient (Wildman–Crippen LogP) is 4.56. The van der Waals surface area contributed by atoms with Crippen molar-refractivity contribution >= 4 is 17.2 Å². The Balaban J connectivity index is 1.34. The minimum Gasteiger partial charge on any atom is -0.377 e. The topological polar surface area (TPSA) is 58.4 Å². The molecule has 0 saturated carbocycles. The average molecular weight is 384 g/mol. The van der Waals surface area contributed by atoms with E-state index in [4.69, 9.17) is 0 Å². The molecule has 6 heteroatoms. The van der Waals surface area contributed by atoms with Gasteiger partial charge in [0.1, 0.15) is 11.5 Å². The van der Waals surface area contributed by atoms with E-state index in [0.717, 1.165) is 47.1 Å². The lowest BCUT2D eigenvalue weighted by Crippen LogP contribution is -2.19. The Kier molecular flexibility index (Phi) is 4.60. The third-order valence-corrected chi connectivity index (χ3v) is 5.53. The van der Waals surface area contributed by atoms with Gasteiger partial charge in [0.25, 0.3) is 0 Å². The van der Waals surface area contributed by atoms with Crippen molar-refractivity contribution in [3.05, 3.63) is 72.9 Å². The molecule has 146 valence electrons. The summed E-state index contributed by atoms with van der Waals surface area (Å²) in [7, 11) is 0. The molecule has 6 nitrogen and oxygen atoms in total. The summed E-state index contributed by atoms with van der Waals surface area (Å²) in [6.45, 7) is 4.37. The van der Waals surface area contributed by atoms with Crippen LogP contribution in [-0.2, 0) is 0 Å². The van der Waals surface area contributed by atoms with E-state index in [9.17, 15) is 0 Å². The van der Waals surface area contributed by atoms with Gasteiger partial charge in [0.05, 0.1) is 23.6 Å². The molecule has 4 aromatic heterocycles. The van der Waals surface area contributed by atoms with Gasteiger partial charge < -0.3 is 10.2 Å². The molecule has 4 aromatic rings. The first-order valence-corrected chi connectivity index (χ1v) is 10.1. The third kappa shape index (κ3) is 3.53. The summed E-state index contributed by atoms with van der Waals surface area (Å²) in [4.78, 5) is 15.9. The Labute approximate surface area is 170 Å². The lowest BCUT2D eigenvalue weighted by molar-refractivity contribution is 0.865. The van der Waals surface area contributed by atoms with E-state index in [2.05, 4.69) is 54.7 Å². The van der Waals surface area contributed by atoms with Gasteiger partial charge >= 0.3 is 0 Å². The van der Waals surface area contributed by atoms with E-state index < -0.39 is 0 Å². The summed E-state index contributed by atoms with van der Waals surface area (Å²) < 4.78 is 2.07. The molecular formula is C23H24N6. The Bertz CT molecular complexity index is 1110. The van der Waals surface area contributed by atoms with Crippen LogP contribution in [0, 0.1) is 0 Å². The van der Waals surface area contributed by atoms with Crippen LogP contribution in [0.3, 0.4) is 0 Å². The number of imidazole rings is 1. The van der Waals surface area contributed by atoms with Gasteiger partial charge in [0.15, 0.2) is 0 Å². The molecule has 29 heavy (non-hydrogen) atoms. The van der Waals surface area contributed by atoms with E-state index in [0.29, 0.717) is 0 Å². The van der Waals surface area contributed by atoms with Crippen molar-refractivity contribution < 1.29 is 0 Å². The Morgan fingerprint density at radius 2 is 1.86 bits per heavy atom. The van der Waals surface area contributed by atoms with Gasteiger partial charge in [-0.15, -0.1) is 0 Å². The monoisotopic (exact) mass is 384 g/mol. The highest BCUT2D eigenvalue weighted by Crippen LogP contribution is 2.26. The maximum atomic E-state index is 4.67. The van der Waals surface area contributed by atoms with Crippen molar-refractivity contribution in [2.24, 2.45) is 0 Å². The Morgan fingerprint density at radius 3 is 2.69 bits per heavy atom. The standard InChI is InChI=1S/C23H24N6/c1-17(18-7-8-22(25-14-18)28-9-4-5-10-28)27-20-12-19(13-24-15-20)21-16-26-23-6-2-3-11-29(21)23/h2-3,6-8,11-17,27H,4-5,9-10H2,1H3/t17-/m1/s1. The fourth-order valence-corrected chi connectivity index (χ4v) is 3.93. The fourth-order valence-electron chi connectivity index (χ4n) is 3.93. The van der Waals surface area contributed by atoms with Crippen LogP contribution in [0.4, 0.5) is 11.5 Å². The van der Waals surface area contributed by atoms with Gasteiger partial charge in [-0.25, -0.2) is 9.97 Å². The maximum absolute atomic E-state index is 4.67. The maximum Gasteiger partial charge on any atom is 0.137 e. The minimum absolute atomic E-state index is 0.134. The first-order valence-electron chi connectivity index (χ1n) is 10.1. The minimum atomic E-state index is 0.134. The number of pyridine rings is 3. The summed E-state index contributed by atoms with van der Waals surface area (Å²) in [5.74, 6) is 1.08. The van der Waals surface area contributed by atoms with Crippen molar-refractivity contribution in [2.75, 3.05) is 23.3 Å². The van der Waals surface area contributed by atoms with E-state index in [1.807, 2.05) is 49.2 Å². The van der Waals surface area contributed by atoms with Crippen LogP contribution < -0.4 is 10.2 Å². The normalized spacial score (nSPS) is 15.0. The van der Waals surface area contributed by atoms with Gasteiger partial charge in [0, 0.05) is 43.4 Å². The summed E-state index contributed by atoms with van der Waals surface area (Å²) in [5, 5.41) is 3.55. The van der Waals surface area contributed by atoms with Crippen molar-refractivity contribution in [2.45, 2.75) is 25.8 Å². The van der Waals surface area contributed by atoms with Crippen molar-refractivity contribution in [3.63, 3.8) is 0 Å². The van der Waals surface area contributed by atoms with Crippen LogP contribution in [0.25, 0.3) is 16.9 Å². The number of rotatable bonds is 5. The summed E-state index contributed by atoms with van der Waals surface area (Å²) in [5.41, 5.74) is 5.13. The average Bonchev–Trinajstić information content (AvgIpc) is 3.44. The number of nitrogens with zero attached hydrogens (tertiary/aromatic N) is 5. The Hall–Kier alpha value is -3.41. The molecule has 1 fully saturated rings. The molecule has 0 aromatic carbocycles. The first kappa shape index (κ1) is 17.7. The molecule has 1 aliphatic rings. The number of nitrogens with one attached hydrogen (secondary N) is 1. The van der Waals surface area contributed by atoms with Crippen LogP contribution in [0.15, 0.2) is 67.4 Å². The smallest absolute Gasteiger partial charge is 0.137 e. The first-order chi connectivity index (χ1) is 14.3. The number of aromatic nitrogens is 4. The van der Waals surface area contributed by atoms with Crippen molar-refractivity contribution in [1.29, 1.82) is 0 Å². The van der Waals surface area contributed by atoms with E-state index in [1.165, 1.54) is 12.8 Å². The molecule has 1 atom stereocenters. The molecule has 5 rings (SSSR count). The highest BCUT2D eigenvalue weighted by molar-refractivity contribution is 5.66. The summed E-state index contributed by atoms with van der Waals surface area (Å²) >= 11 is 0. The lowest BCUT2D eigenvalue weighted by atomic mass is 10.1. The highest BCUT2D eigenvalue weighted by atomic mass is 15.2. The lowest BCUT2D eigenvalue weighted by Gasteiger charge is -2.19. The summed E-state index contributed by atoms with van der Waals surface area (Å²) in [6.07, 6.45) is 12.1. The van der Waals surface area contributed by atoms with E-state index in [1.54, 1.807) is 0 Å². The van der Waals surface area contributed by atoms with Gasteiger partial charge in [-0.3, -0.25) is 9.38 Å². The second-order valence-electron chi connectivity index (χ2n) is 7.54. The van der Waals surface area contributed by atoms with Crippen LogP contribution >= 0.6 is 0 Å². The molecule has 0 unspecified atom stereocenters. The molecule has 1 N–H and O–H groups in total. The molecule has 0 bridgehead atoms. The van der Waals surface area contributed by atoms with Gasteiger partial charge in [0.2, 0.25) is 0 Å². The zero-order valence-corrected chi connectivity index (χ0v) is 16.5. The molecule has 0 radical (unpaired) electrons. The van der Waals surface area contributed by atoms with Crippen LogP contribution in [-0.4, -0.2) is 32.4 Å². The second kappa shape index (κ2) is 7.54. The van der Waals surface area contributed by atoms with Crippen LogP contribution in [0.1, 0.15) is 31.4 Å². The highest BCUT2D eigenvalue weighted by Gasteiger charge is 2.14. The zero-order chi connectivity index (χ0) is 19.6. The molecular weight excluding hydrogens is 360 g/mol. The molecule has 1 saturated heterocycles. The molecule has 5 heterocycles. The number of hydrogen-bond acceptors (Lipinski definition) is 5. The summed E-state index contributed by atoms with van der Waals surface area (Å²) in [6, 6.07) is 12.5. The zero-order valence-electron chi connectivity index (χ0n) is 16.5. The van der Waals surface area contributed by atoms with E-state index in [-0.39, 0.29) is 6.04 Å². The van der Waals surface area contributed by atoms with Crippen LogP contribution in [0.2, 0.25) is 0 Å². The molecule has 0 aliphatic carbocycles. The Morgan fingerprint density at radius 1 is 0.966 bits per heavy atom. The van der Waals surface area contributed by atoms with Gasteiger partial charge in [-0.05, 0) is 49.6 Å². The van der Waals surface area contributed by atoms with Crippen LogP contribution in [0.5, 0.6) is 0 Å². The second-order valence-corrected chi connectivity index (χ2v) is 7.54. The molecule has 0 amide bonds. The van der Waals surface area contributed by atoms with E-state index >= 15 is 0 Å². The fraction of sp³-hybridized carbons (Fsp3) is 0.261. The number of hydrogen-bond donors (Lipinski definition) is 1. The largest absolute Gasteiger partial charge is 0.377 e. The number of fused-ring (bicyclic) bond motifs is 1.